The summed E-state index contributed by atoms with van der Waals surface area (Å²) in [5.41, 5.74) is 3.41. The van der Waals surface area contributed by atoms with Crippen LogP contribution in [0.4, 0.5) is 13.2 Å². The second-order valence-electron chi connectivity index (χ2n) is 6.79. The van der Waals surface area contributed by atoms with Gasteiger partial charge in [0.1, 0.15) is 5.56 Å². The van der Waals surface area contributed by atoms with E-state index in [1.807, 2.05) is 43.6 Å². The van der Waals surface area contributed by atoms with Gasteiger partial charge >= 0.3 is 6.18 Å². The number of amides is 1. The average Bonchev–Trinajstić information content (AvgIpc) is 3.24. The van der Waals surface area contributed by atoms with Crippen molar-refractivity contribution in [3.8, 4) is 17.1 Å². The van der Waals surface area contributed by atoms with Gasteiger partial charge in [-0.2, -0.15) is 18.3 Å². The summed E-state index contributed by atoms with van der Waals surface area (Å²) in [7, 11) is 1.84. The number of pyridine rings is 1. The second kappa shape index (κ2) is 7.23. The minimum Gasteiger partial charge on any atom is -0.467 e. The van der Waals surface area contributed by atoms with Crippen molar-refractivity contribution in [2.75, 3.05) is 6.61 Å². The number of alkyl halides is 3. The maximum atomic E-state index is 12.7. The molecule has 3 aromatic rings. The van der Waals surface area contributed by atoms with Gasteiger partial charge in [-0.15, -0.1) is 0 Å². The molecule has 150 valence electrons. The quantitative estimate of drug-likeness (QED) is 0.655. The topological polar surface area (TPSA) is 60.2 Å². The Morgan fingerprint density at radius 3 is 2.55 bits per heavy atom. The van der Waals surface area contributed by atoms with E-state index in [1.54, 1.807) is 15.6 Å². The van der Waals surface area contributed by atoms with Crippen molar-refractivity contribution < 1.29 is 22.7 Å². The molecule has 0 saturated carbocycles. The van der Waals surface area contributed by atoms with Gasteiger partial charge in [0.2, 0.25) is 5.88 Å². The van der Waals surface area contributed by atoms with E-state index in [9.17, 15) is 18.0 Å². The standard InChI is InChI=1S/C20H17F3N4O2/c1-26-9-7-16(25-26)14-4-2-13(3-5-14)10-27-11-15-6-8-24-18(17(15)19(27)28)29-12-20(21,22)23/h2-9H,10-12H2,1H3. The zero-order chi connectivity index (χ0) is 20.6. The smallest absolute Gasteiger partial charge is 0.422 e. The predicted molar refractivity (Wildman–Crippen MR) is 98.0 cm³/mol. The molecule has 0 atom stereocenters. The molecule has 1 amide bonds. The van der Waals surface area contributed by atoms with Crippen LogP contribution >= 0.6 is 0 Å². The van der Waals surface area contributed by atoms with Crippen LogP contribution in [-0.4, -0.2) is 38.4 Å². The molecule has 2 aromatic heterocycles. The predicted octanol–water partition coefficient (Wildman–Crippen LogP) is 3.58. The highest BCUT2D eigenvalue weighted by Gasteiger charge is 2.34. The lowest BCUT2D eigenvalue weighted by atomic mass is 10.1. The first kappa shape index (κ1) is 19.0. The molecule has 9 heteroatoms. The van der Waals surface area contributed by atoms with E-state index in [0.29, 0.717) is 18.7 Å². The Labute approximate surface area is 164 Å². The van der Waals surface area contributed by atoms with Crippen LogP contribution in [0.3, 0.4) is 0 Å². The van der Waals surface area contributed by atoms with Gasteiger partial charge < -0.3 is 9.64 Å². The van der Waals surface area contributed by atoms with Crippen LogP contribution in [0.1, 0.15) is 21.5 Å². The average molecular weight is 402 g/mol. The van der Waals surface area contributed by atoms with Crippen molar-refractivity contribution >= 4 is 5.91 Å². The summed E-state index contributed by atoms with van der Waals surface area (Å²) in [5, 5.41) is 4.35. The van der Waals surface area contributed by atoms with Crippen LogP contribution < -0.4 is 4.74 Å². The number of ether oxygens (including phenoxy) is 1. The van der Waals surface area contributed by atoms with Gasteiger partial charge in [0, 0.05) is 38.1 Å². The van der Waals surface area contributed by atoms with Crippen molar-refractivity contribution in [2.24, 2.45) is 7.05 Å². The molecule has 29 heavy (non-hydrogen) atoms. The summed E-state index contributed by atoms with van der Waals surface area (Å²) in [6.07, 6.45) is -1.29. The first-order valence-electron chi connectivity index (χ1n) is 8.86. The number of benzene rings is 1. The molecule has 0 saturated heterocycles. The third kappa shape index (κ3) is 4.08. The fourth-order valence-electron chi connectivity index (χ4n) is 3.23. The lowest BCUT2D eigenvalue weighted by Gasteiger charge is -2.16. The highest BCUT2D eigenvalue weighted by atomic mass is 19.4. The zero-order valence-electron chi connectivity index (χ0n) is 15.5. The Hall–Kier alpha value is -3.36. The number of fused-ring (bicyclic) bond motifs is 1. The molecule has 3 heterocycles. The molecular weight excluding hydrogens is 385 g/mol. The molecular formula is C20H17F3N4O2. The minimum absolute atomic E-state index is 0.0989. The van der Waals surface area contributed by atoms with Gasteiger partial charge in [0.25, 0.3) is 5.91 Å². The van der Waals surface area contributed by atoms with E-state index >= 15 is 0 Å². The third-order valence-electron chi connectivity index (χ3n) is 4.57. The third-order valence-corrected chi connectivity index (χ3v) is 4.57. The highest BCUT2D eigenvalue weighted by molar-refractivity contribution is 6.00. The lowest BCUT2D eigenvalue weighted by Crippen LogP contribution is -2.24. The SMILES string of the molecule is Cn1ccc(-c2ccc(CN3Cc4ccnc(OCC(F)(F)F)c4C3=O)cc2)n1. The molecule has 0 spiro atoms. The number of carbonyl (C=O) groups excluding carboxylic acids is 1. The fourth-order valence-corrected chi connectivity index (χ4v) is 3.23. The van der Waals surface area contributed by atoms with Gasteiger partial charge in [-0.1, -0.05) is 24.3 Å². The van der Waals surface area contributed by atoms with Crippen LogP contribution in [0.2, 0.25) is 0 Å². The summed E-state index contributed by atoms with van der Waals surface area (Å²) >= 11 is 0. The van der Waals surface area contributed by atoms with Crippen LogP contribution in [0.15, 0.2) is 48.8 Å². The van der Waals surface area contributed by atoms with Gasteiger partial charge in [0.15, 0.2) is 6.61 Å². The van der Waals surface area contributed by atoms with Crippen LogP contribution in [0.5, 0.6) is 5.88 Å². The molecule has 0 aliphatic carbocycles. The summed E-state index contributed by atoms with van der Waals surface area (Å²) in [4.78, 5) is 18.1. The normalized spacial score (nSPS) is 13.7. The van der Waals surface area contributed by atoms with Crippen molar-refractivity contribution in [3.63, 3.8) is 0 Å². The van der Waals surface area contributed by atoms with Crippen LogP contribution in [-0.2, 0) is 20.1 Å². The van der Waals surface area contributed by atoms with E-state index in [-0.39, 0.29) is 17.4 Å². The number of aryl methyl sites for hydroxylation is 1. The Balaban J connectivity index is 1.48. The number of halogens is 3. The van der Waals surface area contributed by atoms with Gasteiger partial charge in [-0.25, -0.2) is 4.98 Å². The Kier molecular flexibility index (Phi) is 4.73. The van der Waals surface area contributed by atoms with Crippen LogP contribution in [0, 0.1) is 0 Å². The fraction of sp³-hybridized carbons (Fsp3) is 0.250. The Morgan fingerprint density at radius 1 is 1.14 bits per heavy atom. The van der Waals surface area contributed by atoms with E-state index in [0.717, 1.165) is 16.8 Å². The minimum atomic E-state index is -4.50. The molecule has 0 radical (unpaired) electrons. The lowest BCUT2D eigenvalue weighted by molar-refractivity contribution is -0.154. The molecule has 4 rings (SSSR count). The Morgan fingerprint density at radius 2 is 1.90 bits per heavy atom. The first-order valence-corrected chi connectivity index (χ1v) is 8.86. The van der Waals surface area contributed by atoms with Crippen LogP contribution in [0.25, 0.3) is 11.3 Å². The highest BCUT2D eigenvalue weighted by Crippen LogP contribution is 2.31. The van der Waals surface area contributed by atoms with Crippen molar-refractivity contribution in [1.82, 2.24) is 19.7 Å². The molecule has 1 aliphatic heterocycles. The molecule has 0 bridgehead atoms. The molecule has 0 fully saturated rings. The van der Waals surface area contributed by atoms with Gasteiger partial charge in [-0.3, -0.25) is 9.48 Å². The Bertz CT molecular complexity index is 1040. The summed E-state index contributed by atoms with van der Waals surface area (Å²) in [5.74, 6) is -0.670. The van der Waals surface area contributed by atoms with E-state index in [1.165, 1.54) is 6.20 Å². The molecule has 0 unspecified atom stereocenters. The van der Waals surface area contributed by atoms with Crippen molar-refractivity contribution in [2.45, 2.75) is 19.3 Å². The zero-order valence-corrected chi connectivity index (χ0v) is 15.5. The first-order chi connectivity index (χ1) is 13.8. The molecule has 6 nitrogen and oxygen atoms in total. The molecule has 1 aromatic carbocycles. The summed E-state index contributed by atoms with van der Waals surface area (Å²) in [6.45, 7) is -0.867. The van der Waals surface area contributed by atoms with Crippen molar-refractivity contribution in [3.05, 3.63) is 65.5 Å². The van der Waals surface area contributed by atoms with Crippen molar-refractivity contribution in [1.29, 1.82) is 0 Å². The number of nitrogens with zero attached hydrogens (tertiary/aromatic N) is 4. The van der Waals surface area contributed by atoms with Gasteiger partial charge in [-0.05, 0) is 23.3 Å². The number of rotatable bonds is 5. The number of carbonyl (C=O) groups is 1. The summed E-state index contributed by atoms with van der Waals surface area (Å²) < 4.78 is 43.8. The monoisotopic (exact) mass is 402 g/mol. The maximum Gasteiger partial charge on any atom is 0.422 e. The molecule has 1 aliphatic rings. The van der Waals surface area contributed by atoms with E-state index in [4.69, 9.17) is 4.74 Å². The van der Waals surface area contributed by atoms with Gasteiger partial charge in [0.05, 0.1) is 5.69 Å². The maximum absolute atomic E-state index is 12.7. The van der Waals surface area contributed by atoms with E-state index < -0.39 is 12.8 Å². The van der Waals surface area contributed by atoms with E-state index in [2.05, 4.69) is 10.1 Å². The largest absolute Gasteiger partial charge is 0.467 e. The number of hydrogen-bond acceptors (Lipinski definition) is 4. The number of aromatic nitrogens is 3. The summed E-state index contributed by atoms with van der Waals surface area (Å²) in [6, 6.07) is 11.2. The second-order valence-corrected chi connectivity index (χ2v) is 6.79. The number of hydrogen-bond donors (Lipinski definition) is 0. The molecule has 0 N–H and O–H groups in total.